The van der Waals surface area contributed by atoms with Crippen LogP contribution in [-0.4, -0.2) is 12.6 Å². The van der Waals surface area contributed by atoms with Crippen molar-refractivity contribution in [2.75, 3.05) is 6.61 Å². The third-order valence-electron chi connectivity index (χ3n) is 3.27. The number of rotatable bonds is 5. The second-order valence-electron chi connectivity index (χ2n) is 4.86. The fourth-order valence-corrected chi connectivity index (χ4v) is 2.32. The van der Waals surface area contributed by atoms with Gasteiger partial charge in [0.25, 0.3) is 0 Å². The van der Waals surface area contributed by atoms with Gasteiger partial charge in [-0.3, -0.25) is 4.79 Å². The summed E-state index contributed by atoms with van der Waals surface area (Å²) < 4.78 is 18.7. The lowest BCUT2D eigenvalue weighted by molar-refractivity contribution is -0.143. The van der Waals surface area contributed by atoms with Gasteiger partial charge in [-0.05, 0) is 36.2 Å². The molecular weight excluding hydrogens is 305 g/mol. The minimum absolute atomic E-state index is 0.110. The molecule has 5 heteroatoms. The molecule has 0 saturated carbocycles. The number of carbonyl (C=O) groups is 1. The van der Waals surface area contributed by atoms with Crippen LogP contribution in [0.25, 0.3) is 11.1 Å². The Kier molecular flexibility index (Phi) is 5.52. The van der Waals surface area contributed by atoms with E-state index in [4.69, 9.17) is 22.1 Å². The molecule has 2 rings (SSSR count). The highest BCUT2D eigenvalue weighted by atomic mass is 35.5. The van der Waals surface area contributed by atoms with Crippen molar-refractivity contribution in [1.82, 2.24) is 0 Å². The van der Waals surface area contributed by atoms with Gasteiger partial charge < -0.3 is 10.5 Å². The third kappa shape index (κ3) is 4.06. The quantitative estimate of drug-likeness (QED) is 0.843. The van der Waals surface area contributed by atoms with Crippen molar-refractivity contribution in [2.24, 2.45) is 5.73 Å². The Morgan fingerprint density at radius 2 is 1.95 bits per heavy atom. The van der Waals surface area contributed by atoms with Crippen molar-refractivity contribution in [3.05, 3.63) is 58.9 Å². The summed E-state index contributed by atoms with van der Waals surface area (Å²) >= 11 is 5.90. The predicted molar refractivity (Wildman–Crippen MR) is 85.0 cm³/mol. The number of carbonyl (C=O) groups excluding carboxylic acids is 1. The molecule has 0 fully saturated rings. The predicted octanol–water partition coefficient (Wildman–Crippen LogP) is 4.10. The molecule has 0 heterocycles. The van der Waals surface area contributed by atoms with Gasteiger partial charge in [0.1, 0.15) is 5.82 Å². The number of nitrogens with two attached hydrogens (primary N) is 1. The normalized spacial score (nSPS) is 12.0. The molecule has 0 saturated heterocycles. The average molecular weight is 322 g/mol. The number of esters is 1. The number of hydrogen-bond acceptors (Lipinski definition) is 3. The molecule has 0 aliphatic heterocycles. The molecule has 0 spiro atoms. The lowest BCUT2D eigenvalue weighted by atomic mass is 9.99. The second kappa shape index (κ2) is 7.38. The Labute approximate surface area is 133 Å². The van der Waals surface area contributed by atoms with E-state index in [2.05, 4.69) is 0 Å². The van der Waals surface area contributed by atoms with E-state index < -0.39 is 6.04 Å². The van der Waals surface area contributed by atoms with Crippen LogP contribution in [0, 0.1) is 5.82 Å². The van der Waals surface area contributed by atoms with Crippen LogP contribution in [0.15, 0.2) is 42.5 Å². The first-order valence-electron chi connectivity index (χ1n) is 6.98. The summed E-state index contributed by atoms with van der Waals surface area (Å²) in [5.41, 5.74) is 7.89. The maximum atomic E-state index is 13.8. The zero-order valence-corrected chi connectivity index (χ0v) is 12.9. The molecule has 0 amide bonds. The second-order valence-corrected chi connectivity index (χ2v) is 5.30. The summed E-state index contributed by atoms with van der Waals surface area (Å²) in [5, 5.41) is 0.472. The molecule has 3 nitrogen and oxygen atoms in total. The molecular formula is C17H17ClFNO2. The number of ether oxygens (including phenoxy) is 1. The van der Waals surface area contributed by atoms with Crippen molar-refractivity contribution >= 4 is 17.6 Å². The van der Waals surface area contributed by atoms with Crippen molar-refractivity contribution in [3.63, 3.8) is 0 Å². The molecule has 0 aliphatic carbocycles. The third-order valence-corrected chi connectivity index (χ3v) is 3.51. The van der Waals surface area contributed by atoms with E-state index in [1.807, 2.05) is 0 Å². The van der Waals surface area contributed by atoms with Gasteiger partial charge in [0.05, 0.1) is 13.0 Å². The first-order valence-corrected chi connectivity index (χ1v) is 7.35. The summed E-state index contributed by atoms with van der Waals surface area (Å²) in [6, 6.07) is 11.0. The van der Waals surface area contributed by atoms with Crippen molar-refractivity contribution in [2.45, 2.75) is 19.4 Å². The SMILES string of the molecule is CCOC(=O)CC(N)c1ccc(-c2cc(Cl)ccc2F)cc1. The van der Waals surface area contributed by atoms with Crippen LogP contribution in [0.3, 0.4) is 0 Å². The van der Waals surface area contributed by atoms with Gasteiger partial charge in [-0.15, -0.1) is 0 Å². The first-order chi connectivity index (χ1) is 10.5. The van der Waals surface area contributed by atoms with Gasteiger partial charge in [0.15, 0.2) is 0 Å². The lowest BCUT2D eigenvalue weighted by Crippen LogP contribution is -2.17. The van der Waals surface area contributed by atoms with Crippen LogP contribution in [-0.2, 0) is 9.53 Å². The maximum Gasteiger partial charge on any atom is 0.307 e. The average Bonchev–Trinajstić information content (AvgIpc) is 2.50. The van der Waals surface area contributed by atoms with Crippen LogP contribution in [0.1, 0.15) is 24.9 Å². The fraction of sp³-hybridized carbons (Fsp3) is 0.235. The standard InChI is InChI=1S/C17H17ClFNO2/c1-2-22-17(21)10-16(20)12-5-3-11(4-6-12)14-9-13(18)7-8-15(14)19/h3-9,16H,2,10,20H2,1H3. The lowest BCUT2D eigenvalue weighted by Gasteiger charge is -2.12. The molecule has 0 aliphatic rings. The summed E-state index contributed by atoms with van der Waals surface area (Å²) in [6.07, 6.45) is 0.110. The molecule has 0 bridgehead atoms. The topological polar surface area (TPSA) is 52.3 Å². The Balaban J connectivity index is 2.16. The highest BCUT2D eigenvalue weighted by molar-refractivity contribution is 6.30. The van der Waals surface area contributed by atoms with Gasteiger partial charge in [0.2, 0.25) is 0 Å². The number of halogens is 2. The molecule has 1 unspecified atom stereocenters. The van der Waals surface area contributed by atoms with E-state index in [0.29, 0.717) is 22.8 Å². The fourth-order valence-electron chi connectivity index (χ4n) is 2.15. The maximum absolute atomic E-state index is 13.8. The van der Waals surface area contributed by atoms with E-state index in [-0.39, 0.29) is 18.2 Å². The van der Waals surface area contributed by atoms with Crippen LogP contribution < -0.4 is 5.73 Å². The zero-order valence-electron chi connectivity index (χ0n) is 12.2. The first kappa shape index (κ1) is 16.5. The summed E-state index contributed by atoms with van der Waals surface area (Å²) in [7, 11) is 0. The van der Waals surface area contributed by atoms with Gasteiger partial charge >= 0.3 is 5.97 Å². The highest BCUT2D eigenvalue weighted by Crippen LogP contribution is 2.27. The minimum Gasteiger partial charge on any atom is -0.466 e. The zero-order chi connectivity index (χ0) is 16.1. The van der Waals surface area contributed by atoms with Gasteiger partial charge in [-0.2, -0.15) is 0 Å². The van der Waals surface area contributed by atoms with Crippen LogP contribution in [0.2, 0.25) is 5.02 Å². The molecule has 22 heavy (non-hydrogen) atoms. The van der Waals surface area contributed by atoms with Crippen molar-refractivity contribution < 1.29 is 13.9 Å². The van der Waals surface area contributed by atoms with E-state index in [1.54, 1.807) is 37.3 Å². The molecule has 0 radical (unpaired) electrons. The van der Waals surface area contributed by atoms with E-state index >= 15 is 0 Å². The molecule has 2 aromatic rings. The molecule has 1 atom stereocenters. The van der Waals surface area contributed by atoms with Crippen molar-refractivity contribution in [3.8, 4) is 11.1 Å². The summed E-state index contributed by atoms with van der Waals surface area (Å²) in [5.74, 6) is -0.673. The van der Waals surface area contributed by atoms with E-state index in [1.165, 1.54) is 12.1 Å². The number of hydrogen-bond donors (Lipinski definition) is 1. The Hall–Kier alpha value is -1.91. The van der Waals surface area contributed by atoms with Crippen LogP contribution in [0.4, 0.5) is 4.39 Å². The minimum atomic E-state index is -0.447. The summed E-state index contributed by atoms with van der Waals surface area (Å²) in [6.45, 7) is 2.08. The Morgan fingerprint density at radius 3 is 2.59 bits per heavy atom. The monoisotopic (exact) mass is 321 g/mol. The van der Waals surface area contributed by atoms with E-state index in [9.17, 15) is 9.18 Å². The van der Waals surface area contributed by atoms with Gasteiger partial charge in [-0.25, -0.2) is 4.39 Å². The molecule has 0 aromatic heterocycles. The van der Waals surface area contributed by atoms with Gasteiger partial charge in [-0.1, -0.05) is 35.9 Å². The Morgan fingerprint density at radius 1 is 1.27 bits per heavy atom. The molecule has 2 N–H and O–H groups in total. The smallest absolute Gasteiger partial charge is 0.307 e. The van der Waals surface area contributed by atoms with Crippen LogP contribution >= 0.6 is 11.6 Å². The highest BCUT2D eigenvalue weighted by Gasteiger charge is 2.13. The largest absolute Gasteiger partial charge is 0.466 e. The van der Waals surface area contributed by atoms with Crippen molar-refractivity contribution in [1.29, 1.82) is 0 Å². The van der Waals surface area contributed by atoms with E-state index in [0.717, 1.165) is 5.56 Å². The number of benzene rings is 2. The summed E-state index contributed by atoms with van der Waals surface area (Å²) in [4.78, 5) is 11.4. The van der Waals surface area contributed by atoms with Gasteiger partial charge in [0, 0.05) is 16.6 Å². The molecule has 116 valence electrons. The Bertz CT molecular complexity index is 658. The molecule has 2 aromatic carbocycles. The van der Waals surface area contributed by atoms with Crippen LogP contribution in [0.5, 0.6) is 0 Å².